The minimum Gasteiger partial charge on any atom is -0.298 e. The summed E-state index contributed by atoms with van der Waals surface area (Å²) in [6.07, 6.45) is 0. The molecule has 0 bridgehead atoms. The summed E-state index contributed by atoms with van der Waals surface area (Å²) in [7, 11) is 0. The van der Waals surface area contributed by atoms with Gasteiger partial charge in [0.2, 0.25) is 0 Å². The van der Waals surface area contributed by atoms with Crippen molar-refractivity contribution in [1.29, 1.82) is 0 Å². The lowest BCUT2D eigenvalue weighted by molar-refractivity contribution is 0.102. The first kappa shape index (κ1) is 14.8. The maximum atomic E-state index is 13.6. The van der Waals surface area contributed by atoms with Gasteiger partial charge in [-0.25, -0.2) is 18.2 Å². The number of fused-ring (bicyclic) bond motifs is 1. The van der Waals surface area contributed by atoms with Crippen molar-refractivity contribution in [2.24, 2.45) is 0 Å². The number of carbonyl (C=O) groups excluding carboxylic acids is 1. The first-order chi connectivity index (χ1) is 10.5. The molecule has 0 spiro atoms. The minimum absolute atomic E-state index is 0.200. The van der Waals surface area contributed by atoms with E-state index in [4.69, 9.17) is 11.6 Å². The molecule has 0 aliphatic heterocycles. The van der Waals surface area contributed by atoms with Crippen LogP contribution in [0, 0.1) is 17.5 Å². The number of benzene rings is 2. The smallest absolute Gasteiger partial charge is 0.260 e. The number of hydrogen-bond donors (Lipinski definition) is 1. The van der Waals surface area contributed by atoms with Crippen LogP contribution in [-0.2, 0) is 0 Å². The van der Waals surface area contributed by atoms with Crippen LogP contribution in [0.3, 0.4) is 0 Å². The van der Waals surface area contributed by atoms with Crippen LogP contribution >= 0.6 is 22.9 Å². The molecule has 2 aromatic carbocycles. The molecule has 8 heteroatoms. The first-order valence-electron chi connectivity index (χ1n) is 5.96. The lowest BCUT2D eigenvalue weighted by Gasteiger charge is -2.04. The second-order valence-electron chi connectivity index (χ2n) is 4.31. The number of aromatic nitrogens is 1. The second-order valence-corrected chi connectivity index (χ2v) is 5.78. The van der Waals surface area contributed by atoms with E-state index in [0.29, 0.717) is 16.6 Å². The minimum atomic E-state index is -1.69. The summed E-state index contributed by atoms with van der Waals surface area (Å²) in [5.74, 6) is -5.50. The standard InChI is InChI=1S/C14H6ClF3N2OS/c15-6-1-4-9-10(5-6)22-14(19-9)20-13(21)7-2-3-8(16)12(18)11(7)17/h1-5H,(H,19,20,21). The molecule has 0 unspecified atom stereocenters. The van der Waals surface area contributed by atoms with E-state index in [1.807, 2.05) is 0 Å². The molecule has 0 fully saturated rings. The second kappa shape index (κ2) is 5.58. The van der Waals surface area contributed by atoms with Crippen molar-refractivity contribution in [3.8, 4) is 0 Å². The van der Waals surface area contributed by atoms with E-state index < -0.39 is 28.9 Å². The molecule has 3 nitrogen and oxygen atoms in total. The Kier molecular flexibility index (Phi) is 3.76. The van der Waals surface area contributed by atoms with Crippen LogP contribution in [0.1, 0.15) is 10.4 Å². The molecule has 0 radical (unpaired) electrons. The maximum Gasteiger partial charge on any atom is 0.260 e. The van der Waals surface area contributed by atoms with Gasteiger partial charge in [-0.2, -0.15) is 0 Å². The fourth-order valence-electron chi connectivity index (χ4n) is 1.82. The predicted molar refractivity (Wildman–Crippen MR) is 78.9 cm³/mol. The van der Waals surface area contributed by atoms with Gasteiger partial charge in [0.1, 0.15) is 0 Å². The fraction of sp³-hybridized carbons (Fsp3) is 0. The molecule has 1 aromatic heterocycles. The Balaban J connectivity index is 1.91. The van der Waals surface area contributed by atoms with Gasteiger partial charge in [0, 0.05) is 5.02 Å². The number of rotatable bonds is 2. The van der Waals surface area contributed by atoms with Crippen molar-refractivity contribution in [3.63, 3.8) is 0 Å². The highest BCUT2D eigenvalue weighted by molar-refractivity contribution is 7.22. The summed E-state index contributed by atoms with van der Waals surface area (Å²) >= 11 is 6.98. The van der Waals surface area contributed by atoms with E-state index in [0.717, 1.165) is 22.1 Å². The molecule has 112 valence electrons. The Hall–Kier alpha value is -2.12. The molecular formula is C14H6ClF3N2OS. The van der Waals surface area contributed by atoms with Crippen molar-refractivity contribution in [2.45, 2.75) is 0 Å². The normalized spacial score (nSPS) is 10.9. The SMILES string of the molecule is O=C(Nc1nc2ccc(Cl)cc2s1)c1ccc(F)c(F)c1F. The van der Waals surface area contributed by atoms with Gasteiger partial charge in [0.25, 0.3) is 5.91 Å². The molecule has 0 aliphatic rings. The number of thiazole rings is 1. The van der Waals surface area contributed by atoms with Gasteiger partial charge in [-0.15, -0.1) is 0 Å². The largest absolute Gasteiger partial charge is 0.298 e. The Morgan fingerprint density at radius 3 is 2.68 bits per heavy atom. The van der Waals surface area contributed by atoms with Crippen LogP contribution in [0.5, 0.6) is 0 Å². The van der Waals surface area contributed by atoms with Crippen LogP contribution < -0.4 is 5.32 Å². The van der Waals surface area contributed by atoms with Gasteiger partial charge in [-0.05, 0) is 30.3 Å². The quantitative estimate of drug-likeness (QED) is 0.690. The third-order valence-corrected chi connectivity index (χ3v) is 4.02. The summed E-state index contributed by atoms with van der Waals surface area (Å²) in [6, 6.07) is 6.53. The predicted octanol–water partition coefficient (Wildman–Crippen LogP) is 4.62. The van der Waals surface area contributed by atoms with Crippen molar-refractivity contribution in [2.75, 3.05) is 5.32 Å². The van der Waals surface area contributed by atoms with E-state index in [2.05, 4.69) is 10.3 Å². The van der Waals surface area contributed by atoms with E-state index in [-0.39, 0.29) is 5.13 Å². The number of anilines is 1. The highest BCUT2D eigenvalue weighted by Crippen LogP contribution is 2.28. The van der Waals surface area contributed by atoms with Crippen LogP contribution in [0.25, 0.3) is 10.2 Å². The number of amides is 1. The molecule has 1 amide bonds. The summed E-state index contributed by atoms with van der Waals surface area (Å²) in [5, 5.41) is 3.07. The molecule has 0 atom stereocenters. The van der Waals surface area contributed by atoms with Crippen LogP contribution in [0.2, 0.25) is 5.02 Å². The third-order valence-electron chi connectivity index (χ3n) is 2.85. The van der Waals surface area contributed by atoms with Crippen LogP contribution in [0.4, 0.5) is 18.3 Å². The lowest BCUT2D eigenvalue weighted by atomic mass is 10.2. The van der Waals surface area contributed by atoms with Crippen molar-refractivity contribution in [1.82, 2.24) is 4.98 Å². The van der Waals surface area contributed by atoms with Crippen LogP contribution in [-0.4, -0.2) is 10.9 Å². The number of carbonyl (C=O) groups is 1. The zero-order valence-corrected chi connectivity index (χ0v) is 12.2. The third kappa shape index (κ3) is 2.65. The van der Waals surface area contributed by atoms with Gasteiger partial charge < -0.3 is 0 Å². The Morgan fingerprint density at radius 2 is 1.91 bits per heavy atom. The Bertz CT molecular complexity index is 897. The first-order valence-corrected chi connectivity index (χ1v) is 7.16. The molecule has 1 N–H and O–H groups in total. The van der Waals surface area contributed by atoms with Gasteiger partial charge >= 0.3 is 0 Å². The van der Waals surface area contributed by atoms with E-state index in [1.54, 1.807) is 18.2 Å². The van der Waals surface area contributed by atoms with Gasteiger partial charge in [0.15, 0.2) is 22.6 Å². The lowest BCUT2D eigenvalue weighted by Crippen LogP contribution is -2.15. The Morgan fingerprint density at radius 1 is 1.14 bits per heavy atom. The molecule has 0 aliphatic carbocycles. The van der Waals surface area contributed by atoms with Crippen molar-refractivity contribution in [3.05, 3.63) is 58.4 Å². The zero-order chi connectivity index (χ0) is 15.9. The highest BCUT2D eigenvalue weighted by Gasteiger charge is 2.19. The van der Waals surface area contributed by atoms with E-state index in [9.17, 15) is 18.0 Å². The Labute approximate surface area is 131 Å². The summed E-state index contributed by atoms with van der Waals surface area (Å²) in [5.41, 5.74) is 0.00615. The average Bonchev–Trinajstić information content (AvgIpc) is 2.86. The van der Waals surface area contributed by atoms with Crippen molar-refractivity contribution < 1.29 is 18.0 Å². The summed E-state index contributed by atoms with van der Waals surface area (Å²) < 4.78 is 40.3. The number of halogens is 4. The van der Waals surface area contributed by atoms with Gasteiger partial charge in [-0.1, -0.05) is 22.9 Å². The zero-order valence-electron chi connectivity index (χ0n) is 10.7. The van der Waals surface area contributed by atoms with Crippen LogP contribution in [0.15, 0.2) is 30.3 Å². The molecule has 3 rings (SSSR count). The monoisotopic (exact) mass is 342 g/mol. The van der Waals surface area contributed by atoms with Crippen molar-refractivity contribution >= 4 is 44.2 Å². The van der Waals surface area contributed by atoms with E-state index >= 15 is 0 Å². The topological polar surface area (TPSA) is 42.0 Å². The summed E-state index contributed by atoms with van der Waals surface area (Å²) in [4.78, 5) is 16.1. The highest BCUT2D eigenvalue weighted by atomic mass is 35.5. The fourth-order valence-corrected chi connectivity index (χ4v) is 2.95. The van der Waals surface area contributed by atoms with Gasteiger partial charge in [-0.3, -0.25) is 10.1 Å². The molecule has 22 heavy (non-hydrogen) atoms. The molecular weight excluding hydrogens is 337 g/mol. The van der Waals surface area contributed by atoms with E-state index in [1.165, 1.54) is 0 Å². The number of nitrogens with one attached hydrogen (secondary N) is 1. The average molecular weight is 343 g/mol. The molecule has 1 heterocycles. The molecule has 0 saturated heterocycles. The number of hydrogen-bond acceptors (Lipinski definition) is 3. The molecule has 3 aromatic rings. The number of nitrogens with zero attached hydrogens (tertiary/aromatic N) is 1. The van der Waals surface area contributed by atoms with Gasteiger partial charge in [0.05, 0.1) is 15.8 Å². The summed E-state index contributed by atoms with van der Waals surface area (Å²) in [6.45, 7) is 0. The maximum absolute atomic E-state index is 13.6. The molecule has 0 saturated carbocycles.